The van der Waals surface area contributed by atoms with Crippen LogP contribution >= 0.6 is 23.2 Å². The maximum absolute atomic E-state index is 6.41. The van der Waals surface area contributed by atoms with E-state index in [9.17, 15) is 0 Å². The maximum Gasteiger partial charge on any atom is 0.227 e. The fourth-order valence-electron chi connectivity index (χ4n) is 3.78. The lowest BCUT2D eigenvalue weighted by molar-refractivity contribution is 0.313. The lowest BCUT2D eigenvalue weighted by Crippen LogP contribution is -2.44. The molecule has 0 bridgehead atoms. The van der Waals surface area contributed by atoms with Crippen molar-refractivity contribution >= 4 is 40.5 Å². The quantitative estimate of drug-likeness (QED) is 0.508. The highest BCUT2D eigenvalue weighted by Gasteiger charge is 2.16. The van der Waals surface area contributed by atoms with Crippen LogP contribution in [0.4, 0.5) is 17.3 Å². The zero-order valence-corrected chi connectivity index (χ0v) is 20.5. The minimum Gasteiger partial charge on any atom is -0.496 e. The van der Waals surface area contributed by atoms with Gasteiger partial charge in [-0.15, -0.1) is 0 Å². The van der Waals surface area contributed by atoms with Crippen LogP contribution < -0.4 is 19.7 Å². The normalized spacial score (nSPS) is 14.3. The van der Waals surface area contributed by atoms with E-state index in [0.717, 1.165) is 37.4 Å². The van der Waals surface area contributed by atoms with Gasteiger partial charge in [-0.2, -0.15) is 0 Å². The second-order valence-corrected chi connectivity index (χ2v) is 8.74. The average Bonchev–Trinajstić information content (AvgIpc) is 2.83. The number of anilines is 3. The van der Waals surface area contributed by atoms with Gasteiger partial charge in [0.1, 0.15) is 11.5 Å². The van der Waals surface area contributed by atoms with Gasteiger partial charge in [-0.3, -0.25) is 0 Å². The number of aromatic nitrogens is 2. The van der Waals surface area contributed by atoms with Gasteiger partial charge in [0.05, 0.1) is 36.2 Å². The average molecular weight is 488 g/mol. The Kier molecular flexibility index (Phi) is 7.42. The van der Waals surface area contributed by atoms with Crippen molar-refractivity contribution in [2.24, 2.45) is 0 Å². The molecule has 9 heteroatoms. The summed E-state index contributed by atoms with van der Waals surface area (Å²) in [4.78, 5) is 13.7. The van der Waals surface area contributed by atoms with Crippen LogP contribution in [0.25, 0.3) is 0 Å². The van der Waals surface area contributed by atoms with E-state index in [1.807, 2.05) is 18.2 Å². The van der Waals surface area contributed by atoms with Crippen LogP contribution in [-0.2, 0) is 6.42 Å². The highest BCUT2D eigenvalue weighted by molar-refractivity contribution is 6.32. The molecule has 1 saturated heterocycles. The summed E-state index contributed by atoms with van der Waals surface area (Å²) >= 11 is 12.6. The molecule has 4 rings (SSSR count). The number of piperazine rings is 1. The first-order valence-corrected chi connectivity index (χ1v) is 11.4. The number of likely N-dealkylation sites (N-methyl/N-ethyl adjacent to an activating group) is 1. The largest absolute Gasteiger partial charge is 0.496 e. The standard InChI is InChI=1S/C24H27Cl2N5O2/c1-30-8-10-31(11-9-30)18-6-4-17(5-7-18)28-24-27-15-20(26)21(29-24)12-16-13-23(33-3)19(25)14-22(16)32-2/h4-7,13-15H,8-12H2,1-3H3,(H,27,28,29). The third kappa shape index (κ3) is 5.61. The molecule has 0 unspecified atom stereocenters. The molecule has 0 aliphatic carbocycles. The van der Waals surface area contributed by atoms with Crippen LogP contribution in [0.15, 0.2) is 42.6 Å². The van der Waals surface area contributed by atoms with Gasteiger partial charge in [-0.25, -0.2) is 9.97 Å². The summed E-state index contributed by atoms with van der Waals surface area (Å²) in [7, 11) is 5.33. The van der Waals surface area contributed by atoms with Crippen LogP contribution in [-0.4, -0.2) is 62.3 Å². The zero-order chi connectivity index (χ0) is 23.4. The molecule has 1 N–H and O–H groups in total. The van der Waals surface area contributed by atoms with Crippen molar-refractivity contribution in [3.63, 3.8) is 0 Å². The molecule has 2 heterocycles. The monoisotopic (exact) mass is 487 g/mol. The summed E-state index contributed by atoms with van der Waals surface area (Å²) < 4.78 is 10.8. The van der Waals surface area contributed by atoms with E-state index >= 15 is 0 Å². The molecule has 33 heavy (non-hydrogen) atoms. The van der Waals surface area contributed by atoms with E-state index in [-0.39, 0.29) is 0 Å². The molecular formula is C24H27Cl2N5O2. The Morgan fingerprint density at radius 3 is 2.30 bits per heavy atom. The third-order valence-electron chi connectivity index (χ3n) is 5.72. The van der Waals surface area contributed by atoms with E-state index in [4.69, 9.17) is 32.7 Å². The molecule has 1 aromatic heterocycles. The molecule has 0 spiro atoms. The SMILES string of the molecule is COc1cc(Cc2nc(Nc3ccc(N4CCN(C)CC4)cc3)ncc2Cl)c(OC)cc1Cl. The van der Waals surface area contributed by atoms with Crippen molar-refractivity contribution in [3.8, 4) is 11.5 Å². The molecule has 0 radical (unpaired) electrons. The van der Waals surface area contributed by atoms with Crippen LogP contribution in [0.1, 0.15) is 11.3 Å². The first-order chi connectivity index (χ1) is 16.0. The number of methoxy groups -OCH3 is 2. The number of halogens is 2. The molecule has 3 aromatic rings. The first kappa shape index (κ1) is 23.4. The summed E-state index contributed by atoms with van der Waals surface area (Å²) in [6, 6.07) is 11.9. The smallest absolute Gasteiger partial charge is 0.227 e. The summed E-state index contributed by atoms with van der Waals surface area (Å²) in [6.07, 6.45) is 2.04. The predicted octanol–water partition coefficient (Wildman–Crippen LogP) is 4.89. The summed E-state index contributed by atoms with van der Waals surface area (Å²) in [6.45, 7) is 4.22. The van der Waals surface area contributed by atoms with Crippen molar-refractivity contribution in [1.82, 2.24) is 14.9 Å². The molecule has 174 valence electrons. The van der Waals surface area contributed by atoms with Crippen molar-refractivity contribution < 1.29 is 9.47 Å². The van der Waals surface area contributed by atoms with Crippen LogP contribution in [0.3, 0.4) is 0 Å². The fourth-order valence-corrected chi connectivity index (χ4v) is 4.17. The summed E-state index contributed by atoms with van der Waals surface area (Å²) in [5.74, 6) is 1.68. The van der Waals surface area contributed by atoms with Crippen molar-refractivity contribution in [2.75, 3.05) is 57.7 Å². The lowest BCUT2D eigenvalue weighted by Gasteiger charge is -2.34. The number of benzene rings is 2. The molecule has 0 saturated carbocycles. The fraction of sp³-hybridized carbons (Fsp3) is 0.333. The van der Waals surface area contributed by atoms with Crippen LogP contribution in [0.5, 0.6) is 11.5 Å². The van der Waals surface area contributed by atoms with Crippen LogP contribution in [0.2, 0.25) is 10.0 Å². The van der Waals surface area contributed by atoms with Gasteiger partial charge >= 0.3 is 0 Å². The molecule has 1 aliphatic rings. The Labute approximate surface area is 204 Å². The Bertz CT molecular complexity index is 1100. The lowest BCUT2D eigenvalue weighted by atomic mass is 10.1. The number of ether oxygens (including phenoxy) is 2. The number of hydrogen-bond donors (Lipinski definition) is 1. The molecule has 1 fully saturated rings. The first-order valence-electron chi connectivity index (χ1n) is 10.7. The van der Waals surface area contributed by atoms with Crippen molar-refractivity contribution in [3.05, 3.63) is 63.9 Å². The number of hydrogen-bond acceptors (Lipinski definition) is 7. The molecule has 1 aliphatic heterocycles. The van der Waals surface area contributed by atoms with Crippen molar-refractivity contribution in [1.29, 1.82) is 0 Å². The highest BCUT2D eigenvalue weighted by Crippen LogP contribution is 2.34. The van der Waals surface area contributed by atoms with Crippen LogP contribution in [0, 0.1) is 0 Å². The van der Waals surface area contributed by atoms with E-state index in [1.165, 1.54) is 5.69 Å². The Hall–Kier alpha value is -2.74. The molecular weight excluding hydrogens is 461 g/mol. The molecule has 0 atom stereocenters. The number of nitrogens with one attached hydrogen (secondary N) is 1. The molecule has 0 amide bonds. The Morgan fingerprint density at radius 2 is 1.64 bits per heavy atom. The molecule has 7 nitrogen and oxygen atoms in total. The minimum atomic E-state index is 0.440. The summed E-state index contributed by atoms with van der Waals surface area (Å²) in [5, 5.41) is 4.22. The van der Waals surface area contributed by atoms with E-state index < -0.39 is 0 Å². The Balaban J connectivity index is 1.50. The minimum absolute atomic E-state index is 0.440. The third-order valence-corrected chi connectivity index (χ3v) is 6.33. The highest BCUT2D eigenvalue weighted by atomic mass is 35.5. The van der Waals surface area contributed by atoms with Gasteiger partial charge in [-0.05, 0) is 37.4 Å². The predicted molar refractivity (Wildman–Crippen MR) is 134 cm³/mol. The number of nitrogens with zero attached hydrogens (tertiary/aromatic N) is 4. The summed E-state index contributed by atoms with van der Waals surface area (Å²) in [5.41, 5.74) is 3.66. The van der Waals surface area contributed by atoms with E-state index in [2.05, 4.69) is 44.3 Å². The second kappa shape index (κ2) is 10.5. The van der Waals surface area contributed by atoms with Gasteiger partial charge < -0.3 is 24.6 Å². The maximum atomic E-state index is 6.41. The van der Waals surface area contributed by atoms with Gasteiger partial charge in [0, 0.05) is 55.6 Å². The number of rotatable bonds is 7. The van der Waals surface area contributed by atoms with E-state index in [0.29, 0.717) is 39.6 Å². The van der Waals surface area contributed by atoms with E-state index in [1.54, 1.807) is 26.5 Å². The topological polar surface area (TPSA) is 62.8 Å². The van der Waals surface area contributed by atoms with Gasteiger partial charge in [0.25, 0.3) is 0 Å². The Morgan fingerprint density at radius 1 is 0.939 bits per heavy atom. The van der Waals surface area contributed by atoms with Gasteiger partial charge in [-0.1, -0.05) is 23.2 Å². The van der Waals surface area contributed by atoms with Crippen molar-refractivity contribution in [2.45, 2.75) is 6.42 Å². The van der Waals surface area contributed by atoms with Gasteiger partial charge in [0.2, 0.25) is 5.95 Å². The zero-order valence-electron chi connectivity index (χ0n) is 18.9. The second-order valence-electron chi connectivity index (χ2n) is 7.93. The van der Waals surface area contributed by atoms with Gasteiger partial charge in [0.15, 0.2) is 0 Å². The molecule has 2 aromatic carbocycles.